The van der Waals surface area contributed by atoms with Crippen LogP contribution < -0.4 is 0 Å². The van der Waals surface area contributed by atoms with Crippen molar-refractivity contribution in [3.63, 3.8) is 0 Å². The Morgan fingerprint density at radius 1 is 0.625 bits per heavy atom. The van der Waals surface area contributed by atoms with Gasteiger partial charge in [-0.3, -0.25) is 0 Å². The molecule has 0 saturated carbocycles. The number of rotatable bonds is 0. The van der Waals surface area contributed by atoms with Crippen molar-refractivity contribution in [3.05, 3.63) is 0 Å². The molecule has 2 N–H and O–H groups in total. The molecule has 0 aliphatic rings. The van der Waals surface area contributed by atoms with Gasteiger partial charge < -0.3 is 5.48 Å². The van der Waals surface area contributed by atoms with E-state index in [4.69, 9.17) is 56.5 Å². The van der Waals surface area contributed by atoms with Crippen LogP contribution in [-0.2, 0) is 7.31 Å². The van der Waals surface area contributed by atoms with Crippen LogP contribution in [0.5, 0.6) is 0 Å². The summed E-state index contributed by atoms with van der Waals surface area (Å²) in [6.45, 7) is 0. The monoisotopic (exact) mass is 326 g/mol. The molecular formula is H2Cl6MoO. The summed E-state index contributed by atoms with van der Waals surface area (Å²) >= 11 is 0. The van der Waals surface area contributed by atoms with E-state index in [1.807, 2.05) is 0 Å². The Labute approximate surface area is 68.5 Å². The Morgan fingerprint density at radius 3 is 0.625 bits per heavy atom. The van der Waals surface area contributed by atoms with Crippen molar-refractivity contribution in [2.75, 3.05) is 0 Å². The molecule has 0 aromatic heterocycles. The first kappa shape index (κ1) is 13.0. The van der Waals surface area contributed by atoms with Gasteiger partial charge in [0.1, 0.15) is 0 Å². The van der Waals surface area contributed by atoms with E-state index in [2.05, 4.69) is 0 Å². The SMILES string of the molecule is O.[Cl][Mo]([Cl])([Cl])([Cl])([Cl])[Cl]. The predicted octanol–water partition coefficient (Wildman–Crippen LogP) is 3.31. The summed E-state index contributed by atoms with van der Waals surface area (Å²) in [6, 6.07) is 0. The molecule has 56 valence electrons. The van der Waals surface area contributed by atoms with Gasteiger partial charge in [0.05, 0.1) is 0 Å². The van der Waals surface area contributed by atoms with Crippen molar-refractivity contribution < 1.29 is 12.8 Å². The summed E-state index contributed by atoms with van der Waals surface area (Å²) < 4.78 is 0. The molecule has 0 unspecified atom stereocenters. The predicted molar refractivity (Wildman–Crippen MR) is 38.7 cm³/mol. The molecule has 0 aromatic rings. The Bertz CT molecular complexity index is 67.1. The van der Waals surface area contributed by atoms with Crippen LogP contribution in [0.1, 0.15) is 0 Å². The summed E-state index contributed by atoms with van der Waals surface area (Å²) in [5.74, 6) is 0. The third kappa shape index (κ3) is 80.3. The Balaban J connectivity index is 0. The fourth-order valence-corrected chi connectivity index (χ4v) is 0. The molecule has 0 radical (unpaired) electrons. The molecule has 0 spiro atoms. The van der Waals surface area contributed by atoms with E-state index in [0.29, 0.717) is 0 Å². The molecule has 0 amide bonds. The van der Waals surface area contributed by atoms with Crippen LogP contribution in [0.25, 0.3) is 0 Å². The quantitative estimate of drug-likeness (QED) is 0.612. The van der Waals surface area contributed by atoms with Crippen LogP contribution in [0, 0.1) is 0 Å². The van der Waals surface area contributed by atoms with Gasteiger partial charge in [0.2, 0.25) is 0 Å². The maximum absolute atomic E-state index is 5.35. The average Bonchev–Trinajstić information content (AvgIpc) is 0.592. The third-order valence-electron chi connectivity index (χ3n) is 0. The molecule has 0 aromatic carbocycles. The van der Waals surface area contributed by atoms with E-state index in [1.165, 1.54) is 0 Å². The molecule has 8 heavy (non-hydrogen) atoms. The van der Waals surface area contributed by atoms with Crippen molar-refractivity contribution in [3.8, 4) is 0 Å². The molecule has 1 nitrogen and oxygen atoms in total. The summed E-state index contributed by atoms with van der Waals surface area (Å²) in [4.78, 5) is 0. The van der Waals surface area contributed by atoms with E-state index in [-0.39, 0.29) is 5.48 Å². The second-order valence-corrected chi connectivity index (χ2v) is 46.6. The molecule has 0 aliphatic carbocycles. The first-order valence-electron chi connectivity index (χ1n) is 0.926. The fraction of sp³-hybridized carbons (Fsp3) is 0. The van der Waals surface area contributed by atoms with E-state index in [9.17, 15) is 0 Å². The van der Waals surface area contributed by atoms with Gasteiger partial charge >= 0.3 is 63.8 Å². The van der Waals surface area contributed by atoms with Crippen LogP contribution >= 0.6 is 56.5 Å². The third-order valence-corrected chi connectivity index (χ3v) is 0. The topological polar surface area (TPSA) is 31.5 Å². The van der Waals surface area contributed by atoms with Crippen molar-refractivity contribution in [1.29, 1.82) is 0 Å². The zero-order valence-electron chi connectivity index (χ0n) is 3.18. The van der Waals surface area contributed by atoms with Gasteiger partial charge in [0, 0.05) is 0 Å². The van der Waals surface area contributed by atoms with Gasteiger partial charge in [-0.15, -0.1) is 0 Å². The molecular weight excluding hydrogens is 325 g/mol. The normalized spacial score (nSPS) is 20.2. The van der Waals surface area contributed by atoms with Crippen molar-refractivity contribution >= 4 is 56.5 Å². The Hall–Kier alpha value is 2.39. The van der Waals surface area contributed by atoms with Gasteiger partial charge in [-0.2, -0.15) is 0 Å². The van der Waals surface area contributed by atoms with Crippen LogP contribution in [0.15, 0.2) is 0 Å². The summed E-state index contributed by atoms with van der Waals surface area (Å²) in [7, 11) is 25.0. The molecule has 0 fully saturated rings. The maximum atomic E-state index is 5.06. The van der Waals surface area contributed by atoms with Gasteiger partial charge in [-0.05, 0) is 0 Å². The van der Waals surface area contributed by atoms with E-state index in [1.54, 1.807) is 0 Å². The van der Waals surface area contributed by atoms with Crippen LogP contribution in [-0.4, -0.2) is 5.48 Å². The zero-order chi connectivity index (χ0) is 6.41. The van der Waals surface area contributed by atoms with E-state index in [0.717, 1.165) is 0 Å². The average molecular weight is 327 g/mol. The number of halogens is 6. The second-order valence-electron chi connectivity index (χ2n) is 0.875. The molecule has 0 aliphatic heterocycles. The summed E-state index contributed by atoms with van der Waals surface area (Å²) in [6.07, 6.45) is 0. The molecule has 0 rings (SSSR count). The molecule has 0 heterocycles. The first-order chi connectivity index (χ1) is 2.45. The first-order valence-corrected chi connectivity index (χ1v) is 16.4. The summed E-state index contributed by atoms with van der Waals surface area (Å²) in [5, 5.41) is 0. The van der Waals surface area contributed by atoms with Gasteiger partial charge in [-0.1, -0.05) is 0 Å². The fourth-order valence-electron chi connectivity index (χ4n) is 0. The minimum atomic E-state index is -5.35. The van der Waals surface area contributed by atoms with Gasteiger partial charge in [0.25, 0.3) is 0 Å². The van der Waals surface area contributed by atoms with E-state index >= 15 is 0 Å². The van der Waals surface area contributed by atoms with Gasteiger partial charge in [0.15, 0.2) is 0 Å². The second kappa shape index (κ2) is 2.18. The van der Waals surface area contributed by atoms with Crippen LogP contribution in [0.4, 0.5) is 0 Å². The summed E-state index contributed by atoms with van der Waals surface area (Å²) in [5.41, 5.74) is 0. The van der Waals surface area contributed by atoms with Crippen molar-refractivity contribution in [1.82, 2.24) is 0 Å². The standard InChI is InChI=1S/6ClH.Mo.H2O/h6*1H;;1H2/q;;;;;;+6;/p-6. The molecule has 0 atom stereocenters. The number of hydrogen-bond donors (Lipinski definition) is 0. The van der Waals surface area contributed by atoms with Gasteiger partial charge in [-0.25, -0.2) is 0 Å². The van der Waals surface area contributed by atoms with Crippen LogP contribution in [0.3, 0.4) is 0 Å². The van der Waals surface area contributed by atoms with Crippen LogP contribution in [0.2, 0.25) is 0 Å². The molecule has 0 bridgehead atoms. The van der Waals surface area contributed by atoms with E-state index < -0.39 is 7.31 Å². The zero-order valence-corrected chi connectivity index (χ0v) is 9.72. The molecule has 0 saturated heterocycles. The Kier molecular flexibility index (Phi) is 3.55. The Morgan fingerprint density at radius 2 is 0.625 bits per heavy atom. The van der Waals surface area contributed by atoms with Crippen molar-refractivity contribution in [2.24, 2.45) is 0 Å². The molecule has 8 heteroatoms. The van der Waals surface area contributed by atoms with Crippen molar-refractivity contribution in [2.45, 2.75) is 0 Å². The number of hydrogen-bond acceptors (Lipinski definition) is 0. The minimum absolute atomic E-state index is 0.